The van der Waals surface area contributed by atoms with E-state index in [2.05, 4.69) is 0 Å². The van der Waals surface area contributed by atoms with E-state index in [1.807, 2.05) is 36.0 Å². The Hall–Kier alpha value is -1.55. The number of piperidine rings is 1. The minimum atomic E-state index is 0.267. The van der Waals surface area contributed by atoms with Crippen LogP contribution in [0.3, 0.4) is 0 Å². The van der Waals surface area contributed by atoms with Crippen LogP contribution in [0.15, 0.2) is 24.3 Å². The van der Waals surface area contributed by atoms with Crippen molar-refractivity contribution in [3.8, 4) is 5.75 Å². The first-order chi connectivity index (χ1) is 9.56. The van der Waals surface area contributed by atoms with E-state index in [0.717, 1.165) is 32.5 Å². The summed E-state index contributed by atoms with van der Waals surface area (Å²) < 4.78 is 0. The molecule has 0 radical (unpaired) electrons. The summed E-state index contributed by atoms with van der Waals surface area (Å²) in [4.78, 5) is 16.1. The minimum Gasteiger partial charge on any atom is -0.508 e. The molecular formula is C16H24N2O2. The van der Waals surface area contributed by atoms with Crippen molar-refractivity contribution in [2.75, 3.05) is 33.7 Å². The maximum absolute atomic E-state index is 12.1. The van der Waals surface area contributed by atoms with Crippen molar-refractivity contribution in [1.29, 1.82) is 0 Å². The van der Waals surface area contributed by atoms with Gasteiger partial charge in [0.2, 0.25) is 5.91 Å². The lowest BCUT2D eigenvalue weighted by Gasteiger charge is -2.32. The summed E-state index contributed by atoms with van der Waals surface area (Å²) in [6.45, 7) is 2.51. The van der Waals surface area contributed by atoms with E-state index in [0.29, 0.717) is 18.1 Å². The molecule has 20 heavy (non-hydrogen) atoms. The molecule has 0 aromatic heterocycles. The van der Waals surface area contributed by atoms with E-state index in [1.54, 1.807) is 12.1 Å². The third-order valence-corrected chi connectivity index (χ3v) is 3.99. The number of carbonyl (C=O) groups is 1. The Morgan fingerprint density at radius 2 is 1.85 bits per heavy atom. The van der Waals surface area contributed by atoms with E-state index >= 15 is 0 Å². The van der Waals surface area contributed by atoms with Gasteiger partial charge in [0.05, 0.1) is 0 Å². The Bertz CT molecular complexity index is 434. The van der Waals surface area contributed by atoms with Crippen LogP contribution >= 0.6 is 0 Å². The van der Waals surface area contributed by atoms with Crippen LogP contribution in [0.4, 0.5) is 0 Å². The molecule has 2 rings (SSSR count). The standard InChI is InChI=1S/C16H24N2O2/c1-17(2)10-9-16(20)18-11-7-14(8-12-18)13-3-5-15(19)6-4-13/h3-6,14,19H,7-12H2,1-2H3. The molecule has 1 aliphatic rings. The summed E-state index contributed by atoms with van der Waals surface area (Å²) in [5, 5.41) is 9.32. The average molecular weight is 276 g/mol. The minimum absolute atomic E-state index is 0.267. The molecule has 0 unspecified atom stereocenters. The molecule has 0 saturated carbocycles. The predicted octanol–water partition coefficient (Wildman–Crippen LogP) is 2.05. The van der Waals surface area contributed by atoms with Crippen LogP contribution in [0.2, 0.25) is 0 Å². The number of rotatable bonds is 4. The molecule has 1 fully saturated rings. The molecule has 4 heteroatoms. The monoisotopic (exact) mass is 276 g/mol. The van der Waals surface area contributed by atoms with E-state index in [4.69, 9.17) is 0 Å². The number of amides is 1. The SMILES string of the molecule is CN(C)CCC(=O)N1CCC(c2ccc(O)cc2)CC1. The lowest BCUT2D eigenvalue weighted by Crippen LogP contribution is -2.39. The first kappa shape index (κ1) is 14.9. The van der Waals surface area contributed by atoms with Crippen LogP contribution in [0, 0.1) is 0 Å². The Kier molecular flexibility index (Phi) is 5.01. The highest BCUT2D eigenvalue weighted by Gasteiger charge is 2.23. The smallest absolute Gasteiger partial charge is 0.223 e. The molecule has 0 aliphatic carbocycles. The molecule has 1 N–H and O–H groups in total. The van der Waals surface area contributed by atoms with Gasteiger partial charge in [0.1, 0.15) is 5.75 Å². The van der Waals surface area contributed by atoms with Gasteiger partial charge in [-0.2, -0.15) is 0 Å². The molecule has 4 nitrogen and oxygen atoms in total. The molecule has 1 aromatic carbocycles. The van der Waals surface area contributed by atoms with Crippen molar-refractivity contribution in [3.05, 3.63) is 29.8 Å². The Balaban J connectivity index is 1.83. The first-order valence-electron chi connectivity index (χ1n) is 7.27. The van der Waals surface area contributed by atoms with Gasteiger partial charge in [-0.1, -0.05) is 12.1 Å². The van der Waals surface area contributed by atoms with Gasteiger partial charge in [-0.15, -0.1) is 0 Å². The van der Waals surface area contributed by atoms with E-state index < -0.39 is 0 Å². The van der Waals surface area contributed by atoms with Gasteiger partial charge >= 0.3 is 0 Å². The number of aromatic hydroxyl groups is 1. The maximum Gasteiger partial charge on any atom is 0.223 e. The van der Waals surface area contributed by atoms with Crippen LogP contribution in [-0.2, 0) is 4.79 Å². The van der Waals surface area contributed by atoms with E-state index in [-0.39, 0.29) is 5.91 Å². The van der Waals surface area contributed by atoms with Crippen molar-refractivity contribution in [3.63, 3.8) is 0 Å². The molecule has 1 heterocycles. The third kappa shape index (κ3) is 3.97. The molecule has 0 atom stereocenters. The summed E-state index contributed by atoms with van der Waals surface area (Å²) in [6.07, 6.45) is 2.63. The predicted molar refractivity (Wildman–Crippen MR) is 79.8 cm³/mol. The highest BCUT2D eigenvalue weighted by molar-refractivity contribution is 5.76. The fourth-order valence-corrected chi connectivity index (χ4v) is 2.69. The van der Waals surface area contributed by atoms with Gasteiger partial charge in [-0.05, 0) is 50.6 Å². The number of hydrogen-bond donors (Lipinski definition) is 1. The van der Waals surface area contributed by atoms with Crippen LogP contribution in [0.25, 0.3) is 0 Å². The molecule has 0 bridgehead atoms. The summed E-state index contributed by atoms with van der Waals surface area (Å²) in [6, 6.07) is 7.46. The van der Waals surface area contributed by atoms with Crippen LogP contribution in [-0.4, -0.2) is 54.5 Å². The van der Waals surface area contributed by atoms with Gasteiger partial charge in [-0.25, -0.2) is 0 Å². The molecule has 1 aromatic rings. The summed E-state index contributed by atoms with van der Waals surface area (Å²) in [7, 11) is 3.98. The topological polar surface area (TPSA) is 43.8 Å². The highest BCUT2D eigenvalue weighted by atomic mass is 16.3. The largest absolute Gasteiger partial charge is 0.508 e. The molecule has 1 aliphatic heterocycles. The zero-order valence-corrected chi connectivity index (χ0v) is 12.4. The van der Waals surface area contributed by atoms with Gasteiger partial charge in [0.25, 0.3) is 0 Å². The van der Waals surface area contributed by atoms with Crippen molar-refractivity contribution in [2.45, 2.75) is 25.2 Å². The quantitative estimate of drug-likeness (QED) is 0.915. The second-order valence-corrected chi connectivity index (χ2v) is 5.80. The summed E-state index contributed by atoms with van der Waals surface area (Å²) in [5.74, 6) is 1.08. The fraction of sp³-hybridized carbons (Fsp3) is 0.562. The molecule has 1 amide bonds. The number of likely N-dealkylation sites (tertiary alicyclic amines) is 1. The molecule has 1 saturated heterocycles. The molecule has 0 spiro atoms. The zero-order valence-electron chi connectivity index (χ0n) is 12.4. The number of benzene rings is 1. The molecular weight excluding hydrogens is 252 g/mol. The second kappa shape index (κ2) is 6.75. The van der Waals surface area contributed by atoms with E-state index in [9.17, 15) is 9.90 Å². The number of phenols is 1. The first-order valence-corrected chi connectivity index (χ1v) is 7.27. The second-order valence-electron chi connectivity index (χ2n) is 5.80. The van der Waals surface area contributed by atoms with Gasteiger partial charge < -0.3 is 14.9 Å². The summed E-state index contributed by atoms with van der Waals surface area (Å²) in [5.41, 5.74) is 1.27. The maximum atomic E-state index is 12.1. The van der Waals surface area contributed by atoms with Crippen molar-refractivity contribution in [2.24, 2.45) is 0 Å². The number of carbonyl (C=O) groups excluding carboxylic acids is 1. The lowest BCUT2D eigenvalue weighted by atomic mass is 9.89. The number of nitrogens with zero attached hydrogens (tertiary/aromatic N) is 2. The van der Waals surface area contributed by atoms with Gasteiger partial charge in [0, 0.05) is 26.1 Å². The van der Waals surface area contributed by atoms with Crippen molar-refractivity contribution >= 4 is 5.91 Å². The van der Waals surface area contributed by atoms with Gasteiger partial charge in [0.15, 0.2) is 0 Å². The Morgan fingerprint density at radius 1 is 1.25 bits per heavy atom. The van der Waals surface area contributed by atoms with Gasteiger partial charge in [-0.3, -0.25) is 4.79 Å². The normalized spacial score (nSPS) is 16.6. The Labute approximate surface area is 121 Å². The van der Waals surface area contributed by atoms with Crippen molar-refractivity contribution in [1.82, 2.24) is 9.80 Å². The van der Waals surface area contributed by atoms with Crippen molar-refractivity contribution < 1.29 is 9.90 Å². The Morgan fingerprint density at radius 3 is 2.40 bits per heavy atom. The third-order valence-electron chi connectivity index (χ3n) is 3.99. The van der Waals surface area contributed by atoms with Crippen LogP contribution < -0.4 is 0 Å². The highest BCUT2D eigenvalue weighted by Crippen LogP contribution is 2.29. The zero-order chi connectivity index (χ0) is 14.5. The number of hydrogen-bond acceptors (Lipinski definition) is 3. The lowest BCUT2D eigenvalue weighted by molar-refractivity contribution is -0.132. The average Bonchev–Trinajstić information content (AvgIpc) is 2.46. The van der Waals surface area contributed by atoms with Crippen LogP contribution in [0.5, 0.6) is 5.75 Å². The summed E-state index contributed by atoms with van der Waals surface area (Å²) >= 11 is 0. The van der Waals surface area contributed by atoms with E-state index in [1.165, 1.54) is 5.56 Å². The van der Waals surface area contributed by atoms with Crippen LogP contribution in [0.1, 0.15) is 30.7 Å². The number of phenolic OH excluding ortho intramolecular Hbond substituents is 1. The fourth-order valence-electron chi connectivity index (χ4n) is 2.69. The molecule has 110 valence electrons.